The number of methoxy groups -OCH3 is 1. The van der Waals surface area contributed by atoms with E-state index in [-0.39, 0.29) is 27.7 Å². The molecule has 0 aliphatic rings. The zero-order valence-electron chi connectivity index (χ0n) is 11.1. The molecular formula is C16H11ClFNO2. The summed E-state index contributed by atoms with van der Waals surface area (Å²) < 4.78 is 18.7. The van der Waals surface area contributed by atoms with E-state index in [0.717, 1.165) is 0 Å². The quantitative estimate of drug-likeness (QED) is 0.681. The number of nitriles is 1. The minimum atomic E-state index is -0.484. The number of rotatable bonds is 3. The van der Waals surface area contributed by atoms with Crippen molar-refractivity contribution in [1.82, 2.24) is 0 Å². The third-order valence-electron chi connectivity index (χ3n) is 2.87. The van der Waals surface area contributed by atoms with E-state index in [1.807, 2.05) is 6.07 Å². The van der Waals surface area contributed by atoms with Crippen LogP contribution in [0.4, 0.5) is 4.39 Å². The molecule has 0 unspecified atom stereocenters. The maximum atomic E-state index is 13.7. The molecule has 0 saturated carbocycles. The lowest BCUT2D eigenvalue weighted by atomic mass is 10.0. The molecule has 1 N–H and O–H groups in total. The number of nitrogens with zero attached hydrogens (tertiary/aromatic N) is 1. The monoisotopic (exact) mass is 303 g/mol. The number of allylic oxidation sites excluding steroid dienone is 1. The van der Waals surface area contributed by atoms with Crippen molar-refractivity contribution < 1.29 is 14.2 Å². The van der Waals surface area contributed by atoms with Crippen LogP contribution in [0.25, 0.3) is 11.6 Å². The van der Waals surface area contributed by atoms with Gasteiger partial charge in [0.1, 0.15) is 5.82 Å². The first-order chi connectivity index (χ1) is 10.1. The van der Waals surface area contributed by atoms with Crippen molar-refractivity contribution in [2.45, 2.75) is 0 Å². The number of phenolic OH excluding ortho intramolecular Hbond substituents is 1. The van der Waals surface area contributed by atoms with Gasteiger partial charge >= 0.3 is 0 Å². The highest BCUT2D eigenvalue weighted by atomic mass is 35.5. The maximum absolute atomic E-state index is 13.7. The first-order valence-electron chi connectivity index (χ1n) is 6.00. The van der Waals surface area contributed by atoms with Crippen molar-refractivity contribution in [2.24, 2.45) is 0 Å². The first kappa shape index (κ1) is 14.9. The van der Waals surface area contributed by atoms with Crippen LogP contribution >= 0.6 is 11.6 Å². The summed E-state index contributed by atoms with van der Waals surface area (Å²) in [6.45, 7) is 0. The fourth-order valence-electron chi connectivity index (χ4n) is 1.85. The van der Waals surface area contributed by atoms with E-state index in [1.54, 1.807) is 12.1 Å². The molecule has 0 fully saturated rings. The molecule has 0 aromatic heterocycles. The lowest BCUT2D eigenvalue weighted by Gasteiger charge is -2.07. The average Bonchev–Trinajstić information content (AvgIpc) is 2.49. The lowest BCUT2D eigenvalue weighted by Crippen LogP contribution is -1.89. The second-order valence-corrected chi connectivity index (χ2v) is 4.61. The summed E-state index contributed by atoms with van der Waals surface area (Å²) in [6.07, 6.45) is 1.48. The third-order valence-corrected chi connectivity index (χ3v) is 3.15. The lowest BCUT2D eigenvalue weighted by molar-refractivity contribution is 0.373. The Morgan fingerprint density at radius 2 is 2.10 bits per heavy atom. The minimum absolute atomic E-state index is 0.0893. The summed E-state index contributed by atoms with van der Waals surface area (Å²) in [7, 11) is 1.39. The van der Waals surface area contributed by atoms with Gasteiger partial charge in [0.05, 0.1) is 23.8 Å². The molecule has 5 heteroatoms. The van der Waals surface area contributed by atoms with Crippen molar-refractivity contribution in [3.63, 3.8) is 0 Å². The number of aromatic hydroxyl groups is 1. The van der Waals surface area contributed by atoms with E-state index in [0.29, 0.717) is 5.56 Å². The van der Waals surface area contributed by atoms with Crippen LogP contribution in [0.2, 0.25) is 5.02 Å². The smallest absolute Gasteiger partial charge is 0.176 e. The van der Waals surface area contributed by atoms with Crippen LogP contribution in [0.15, 0.2) is 36.4 Å². The summed E-state index contributed by atoms with van der Waals surface area (Å²) in [5, 5.41) is 19.0. The fourth-order valence-corrected chi connectivity index (χ4v) is 2.07. The van der Waals surface area contributed by atoms with Crippen molar-refractivity contribution in [2.75, 3.05) is 7.11 Å². The molecule has 0 heterocycles. The summed E-state index contributed by atoms with van der Waals surface area (Å²) in [6, 6.07) is 10.9. The maximum Gasteiger partial charge on any atom is 0.176 e. The molecule has 0 saturated heterocycles. The highest BCUT2D eigenvalue weighted by Gasteiger charge is 2.10. The molecule has 0 atom stereocenters. The molecular weight excluding hydrogens is 293 g/mol. The third kappa shape index (κ3) is 3.15. The zero-order valence-corrected chi connectivity index (χ0v) is 11.9. The molecule has 2 aromatic rings. The molecule has 0 radical (unpaired) electrons. The normalized spacial score (nSPS) is 11.0. The van der Waals surface area contributed by atoms with Gasteiger partial charge in [-0.05, 0) is 29.8 Å². The molecule has 2 rings (SSSR count). The molecule has 0 spiro atoms. The van der Waals surface area contributed by atoms with E-state index in [2.05, 4.69) is 0 Å². The van der Waals surface area contributed by atoms with Gasteiger partial charge < -0.3 is 9.84 Å². The van der Waals surface area contributed by atoms with Crippen molar-refractivity contribution in [3.05, 3.63) is 58.4 Å². The van der Waals surface area contributed by atoms with E-state index in [1.165, 1.54) is 37.5 Å². The van der Waals surface area contributed by atoms with Crippen LogP contribution < -0.4 is 4.74 Å². The van der Waals surface area contributed by atoms with E-state index >= 15 is 0 Å². The number of halogens is 2. The molecule has 21 heavy (non-hydrogen) atoms. The van der Waals surface area contributed by atoms with Crippen LogP contribution in [0.3, 0.4) is 0 Å². The van der Waals surface area contributed by atoms with Gasteiger partial charge in [-0.1, -0.05) is 29.8 Å². The number of hydrogen-bond donors (Lipinski definition) is 1. The Hall–Kier alpha value is -2.51. The van der Waals surface area contributed by atoms with E-state index in [4.69, 9.17) is 16.3 Å². The van der Waals surface area contributed by atoms with Gasteiger partial charge in [0.15, 0.2) is 11.5 Å². The van der Waals surface area contributed by atoms with Crippen LogP contribution in [-0.2, 0) is 0 Å². The van der Waals surface area contributed by atoms with Crippen LogP contribution in [0.1, 0.15) is 11.1 Å². The number of hydrogen-bond acceptors (Lipinski definition) is 3. The Labute approximate surface area is 126 Å². The van der Waals surface area contributed by atoms with Crippen LogP contribution in [0, 0.1) is 17.1 Å². The molecule has 0 bridgehead atoms. The Morgan fingerprint density at radius 1 is 1.38 bits per heavy atom. The SMILES string of the molecule is COc1cc(C=C(C#N)c2ccccc2F)cc(Cl)c1O. The largest absolute Gasteiger partial charge is 0.503 e. The van der Waals surface area contributed by atoms with Crippen molar-refractivity contribution >= 4 is 23.3 Å². The van der Waals surface area contributed by atoms with Gasteiger partial charge in [-0.15, -0.1) is 0 Å². The van der Waals surface area contributed by atoms with Crippen molar-refractivity contribution in [3.8, 4) is 17.6 Å². The molecule has 106 valence electrons. The zero-order chi connectivity index (χ0) is 15.4. The summed E-state index contributed by atoms with van der Waals surface area (Å²) in [5.74, 6) is -0.484. The number of ether oxygens (including phenoxy) is 1. The molecule has 0 aliphatic heterocycles. The molecule has 2 aromatic carbocycles. The first-order valence-corrected chi connectivity index (χ1v) is 6.37. The number of phenols is 1. The van der Waals surface area contributed by atoms with Gasteiger partial charge in [-0.3, -0.25) is 0 Å². The van der Waals surface area contributed by atoms with Gasteiger partial charge in [0.2, 0.25) is 0 Å². The Balaban J connectivity index is 2.54. The molecule has 3 nitrogen and oxygen atoms in total. The minimum Gasteiger partial charge on any atom is -0.503 e. The average molecular weight is 304 g/mol. The van der Waals surface area contributed by atoms with Crippen molar-refractivity contribution in [1.29, 1.82) is 5.26 Å². The standard InChI is InChI=1S/C16H11ClFNO2/c1-21-15-8-10(7-13(17)16(15)20)6-11(9-19)12-4-2-3-5-14(12)18/h2-8,20H,1H3. The predicted molar refractivity (Wildman–Crippen MR) is 79.6 cm³/mol. The predicted octanol–water partition coefficient (Wildman–Crippen LogP) is 4.26. The summed E-state index contributed by atoms with van der Waals surface area (Å²) in [5.41, 5.74) is 0.870. The van der Waals surface area contributed by atoms with Gasteiger partial charge in [-0.2, -0.15) is 5.26 Å². The van der Waals surface area contributed by atoms with Crippen LogP contribution in [0.5, 0.6) is 11.5 Å². The van der Waals surface area contributed by atoms with Gasteiger partial charge in [0.25, 0.3) is 0 Å². The Morgan fingerprint density at radius 3 is 2.71 bits per heavy atom. The summed E-state index contributed by atoms with van der Waals surface area (Å²) >= 11 is 5.89. The van der Waals surface area contributed by atoms with Gasteiger partial charge in [-0.25, -0.2) is 4.39 Å². The second kappa shape index (κ2) is 6.29. The van der Waals surface area contributed by atoms with Gasteiger partial charge in [0, 0.05) is 5.56 Å². The topological polar surface area (TPSA) is 53.2 Å². The van der Waals surface area contributed by atoms with E-state index < -0.39 is 5.82 Å². The summed E-state index contributed by atoms with van der Waals surface area (Å²) in [4.78, 5) is 0. The fraction of sp³-hybridized carbons (Fsp3) is 0.0625. The Bertz CT molecular complexity index is 750. The van der Waals surface area contributed by atoms with E-state index in [9.17, 15) is 14.8 Å². The molecule has 0 aliphatic carbocycles. The number of benzene rings is 2. The Kier molecular flexibility index (Phi) is 4.46. The van der Waals surface area contributed by atoms with Crippen LogP contribution in [-0.4, -0.2) is 12.2 Å². The molecule has 0 amide bonds. The highest BCUT2D eigenvalue weighted by molar-refractivity contribution is 6.32. The second-order valence-electron chi connectivity index (χ2n) is 4.20. The highest BCUT2D eigenvalue weighted by Crippen LogP contribution is 2.36.